The Labute approximate surface area is 65.1 Å². The molecule has 0 N–H and O–H groups in total. The lowest BCUT2D eigenvalue weighted by Crippen LogP contribution is -1.79. The van der Waals surface area contributed by atoms with Crippen molar-refractivity contribution in [2.45, 2.75) is 6.92 Å². The van der Waals surface area contributed by atoms with Gasteiger partial charge in [-0.2, -0.15) is 0 Å². The monoisotopic (exact) mass is 205 g/mol. The van der Waals surface area contributed by atoms with E-state index in [2.05, 4.69) is 20.9 Å². The van der Waals surface area contributed by atoms with Gasteiger partial charge in [-0.25, -0.2) is 4.98 Å². The Kier molecular flexibility index (Phi) is 1.97. The predicted octanol–water partition coefficient (Wildman–Crippen LogP) is 2.03. The van der Waals surface area contributed by atoms with Crippen molar-refractivity contribution in [2.75, 3.05) is 0 Å². The van der Waals surface area contributed by atoms with Gasteiger partial charge in [0.1, 0.15) is 5.69 Å². The molecule has 1 aromatic rings. The second-order valence-corrected chi connectivity index (χ2v) is 4.01. The summed E-state index contributed by atoms with van der Waals surface area (Å²) in [6, 6.07) is 0. The van der Waals surface area contributed by atoms with Crippen LogP contribution in [0.5, 0.6) is 0 Å². The Morgan fingerprint density at radius 3 is 2.67 bits per heavy atom. The zero-order valence-corrected chi connectivity index (χ0v) is 7.12. The topological polar surface area (TPSA) is 30.0 Å². The molecule has 9 heavy (non-hydrogen) atoms. The fourth-order valence-corrected chi connectivity index (χ4v) is 2.00. The van der Waals surface area contributed by atoms with E-state index >= 15 is 0 Å². The average Bonchev–Trinajstić information content (AvgIpc) is 2.10. The average molecular weight is 206 g/mol. The van der Waals surface area contributed by atoms with Crippen LogP contribution < -0.4 is 0 Å². The van der Waals surface area contributed by atoms with Gasteiger partial charge in [-0.1, -0.05) is 0 Å². The van der Waals surface area contributed by atoms with Crippen molar-refractivity contribution in [3.8, 4) is 0 Å². The fourth-order valence-electron chi connectivity index (χ4n) is 0.484. The number of nitrogens with zero attached hydrogens (tertiary/aromatic N) is 1. The van der Waals surface area contributed by atoms with E-state index in [0.717, 1.165) is 15.1 Å². The normalized spacial score (nSPS) is 9.56. The van der Waals surface area contributed by atoms with Crippen molar-refractivity contribution in [3.05, 3.63) is 14.5 Å². The van der Waals surface area contributed by atoms with Gasteiger partial charge in [-0.05, 0) is 22.9 Å². The van der Waals surface area contributed by atoms with Crippen LogP contribution in [0.4, 0.5) is 0 Å². The standard InChI is InChI=1S/C5H4BrNOS/c1-3-4(2-8)7-5(6)9-3/h2H,1H3. The number of aromatic nitrogens is 1. The minimum Gasteiger partial charge on any atom is -0.296 e. The zero-order valence-electron chi connectivity index (χ0n) is 4.72. The minimum absolute atomic E-state index is 0.534. The van der Waals surface area contributed by atoms with E-state index in [4.69, 9.17) is 0 Å². The number of carbonyl (C=O) groups is 1. The number of carbonyl (C=O) groups excluding carboxylic acids is 1. The molecule has 1 heterocycles. The second-order valence-electron chi connectivity index (χ2n) is 1.53. The Bertz CT molecular complexity index is 233. The Hall–Kier alpha value is -0.220. The van der Waals surface area contributed by atoms with Crippen LogP contribution in [0.15, 0.2) is 3.92 Å². The third-order valence-electron chi connectivity index (χ3n) is 0.918. The van der Waals surface area contributed by atoms with Gasteiger partial charge in [0.2, 0.25) is 0 Å². The van der Waals surface area contributed by atoms with Gasteiger partial charge < -0.3 is 0 Å². The fraction of sp³-hybridized carbons (Fsp3) is 0.200. The number of rotatable bonds is 1. The van der Waals surface area contributed by atoms with Crippen molar-refractivity contribution >= 4 is 33.6 Å². The molecular weight excluding hydrogens is 202 g/mol. The Balaban J connectivity index is 3.15. The molecule has 1 rings (SSSR count). The first-order valence-electron chi connectivity index (χ1n) is 2.32. The molecule has 0 aliphatic carbocycles. The summed E-state index contributed by atoms with van der Waals surface area (Å²) in [4.78, 5) is 15.0. The van der Waals surface area contributed by atoms with E-state index in [0.29, 0.717) is 5.69 Å². The largest absolute Gasteiger partial charge is 0.296 e. The number of hydrogen-bond acceptors (Lipinski definition) is 3. The number of thiazole rings is 1. The van der Waals surface area contributed by atoms with Crippen LogP contribution in [0.3, 0.4) is 0 Å². The summed E-state index contributed by atoms with van der Waals surface area (Å²) in [7, 11) is 0. The van der Waals surface area contributed by atoms with Crippen LogP contribution in [-0.4, -0.2) is 11.3 Å². The van der Waals surface area contributed by atoms with Crippen LogP contribution in [0.2, 0.25) is 0 Å². The van der Waals surface area contributed by atoms with Gasteiger partial charge in [-0.3, -0.25) is 4.79 Å². The molecule has 0 saturated heterocycles. The van der Waals surface area contributed by atoms with E-state index in [9.17, 15) is 4.79 Å². The van der Waals surface area contributed by atoms with E-state index in [1.165, 1.54) is 11.3 Å². The van der Waals surface area contributed by atoms with Gasteiger partial charge in [-0.15, -0.1) is 11.3 Å². The number of aryl methyl sites for hydroxylation is 1. The second kappa shape index (κ2) is 2.58. The molecule has 1 aromatic heterocycles. The van der Waals surface area contributed by atoms with E-state index in [1.807, 2.05) is 6.92 Å². The van der Waals surface area contributed by atoms with Gasteiger partial charge in [0.15, 0.2) is 10.2 Å². The lowest BCUT2D eigenvalue weighted by atomic mass is 10.4. The first-order valence-corrected chi connectivity index (χ1v) is 3.93. The molecular formula is C5H4BrNOS. The van der Waals surface area contributed by atoms with E-state index in [-0.39, 0.29) is 0 Å². The molecule has 0 aliphatic heterocycles. The van der Waals surface area contributed by atoms with Crippen LogP contribution in [-0.2, 0) is 0 Å². The van der Waals surface area contributed by atoms with Crippen LogP contribution in [0.25, 0.3) is 0 Å². The summed E-state index contributed by atoms with van der Waals surface area (Å²) >= 11 is 4.64. The van der Waals surface area contributed by atoms with Crippen molar-refractivity contribution in [3.63, 3.8) is 0 Å². The maximum atomic E-state index is 10.2. The smallest absolute Gasteiger partial charge is 0.169 e. The molecule has 0 radical (unpaired) electrons. The molecule has 0 aliphatic rings. The summed E-state index contributed by atoms with van der Waals surface area (Å²) in [6.45, 7) is 1.87. The number of halogens is 1. The highest BCUT2D eigenvalue weighted by atomic mass is 79.9. The third-order valence-corrected chi connectivity index (χ3v) is 2.36. The molecule has 0 aromatic carbocycles. The van der Waals surface area contributed by atoms with Crippen LogP contribution >= 0.6 is 27.3 Å². The van der Waals surface area contributed by atoms with Gasteiger partial charge in [0.25, 0.3) is 0 Å². The maximum Gasteiger partial charge on any atom is 0.169 e. The maximum absolute atomic E-state index is 10.2. The quantitative estimate of drug-likeness (QED) is 0.658. The summed E-state index contributed by atoms with van der Waals surface area (Å²) in [5.74, 6) is 0. The van der Waals surface area contributed by atoms with Crippen LogP contribution in [0, 0.1) is 6.92 Å². The molecule has 48 valence electrons. The predicted molar refractivity (Wildman–Crippen MR) is 39.9 cm³/mol. The van der Waals surface area contributed by atoms with Gasteiger partial charge >= 0.3 is 0 Å². The summed E-state index contributed by atoms with van der Waals surface area (Å²) < 4.78 is 0.766. The van der Waals surface area contributed by atoms with Gasteiger partial charge in [0, 0.05) is 4.88 Å². The lowest BCUT2D eigenvalue weighted by molar-refractivity contribution is 0.111. The Morgan fingerprint density at radius 1 is 1.78 bits per heavy atom. The molecule has 4 heteroatoms. The first-order chi connectivity index (χ1) is 4.24. The van der Waals surface area contributed by atoms with Crippen molar-refractivity contribution in [1.82, 2.24) is 4.98 Å². The van der Waals surface area contributed by atoms with E-state index < -0.39 is 0 Å². The molecule has 0 fully saturated rings. The minimum atomic E-state index is 0.534. The molecule has 2 nitrogen and oxygen atoms in total. The van der Waals surface area contributed by atoms with Crippen molar-refractivity contribution in [1.29, 1.82) is 0 Å². The van der Waals surface area contributed by atoms with E-state index in [1.54, 1.807) is 0 Å². The van der Waals surface area contributed by atoms with Crippen molar-refractivity contribution < 1.29 is 4.79 Å². The molecule has 0 bridgehead atoms. The molecule has 0 spiro atoms. The lowest BCUT2D eigenvalue weighted by Gasteiger charge is -1.76. The highest BCUT2D eigenvalue weighted by Gasteiger charge is 2.01. The van der Waals surface area contributed by atoms with Gasteiger partial charge in [0.05, 0.1) is 0 Å². The Morgan fingerprint density at radius 2 is 2.44 bits per heavy atom. The molecule has 0 amide bonds. The highest BCUT2D eigenvalue weighted by molar-refractivity contribution is 9.11. The molecule has 0 saturated carbocycles. The summed E-state index contributed by atoms with van der Waals surface area (Å²) in [5.41, 5.74) is 0.534. The first kappa shape index (κ1) is 6.89. The molecule has 0 unspecified atom stereocenters. The van der Waals surface area contributed by atoms with Crippen molar-refractivity contribution in [2.24, 2.45) is 0 Å². The summed E-state index contributed by atoms with van der Waals surface area (Å²) in [6.07, 6.45) is 0.761. The zero-order chi connectivity index (χ0) is 6.85. The number of aldehydes is 1. The highest BCUT2D eigenvalue weighted by Crippen LogP contribution is 2.20. The molecule has 0 atom stereocenters. The summed E-state index contributed by atoms with van der Waals surface area (Å²) in [5, 5.41) is 0. The SMILES string of the molecule is Cc1sc(Br)nc1C=O. The van der Waals surface area contributed by atoms with Crippen LogP contribution in [0.1, 0.15) is 15.4 Å². The third kappa shape index (κ3) is 1.37. The number of hydrogen-bond donors (Lipinski definition) is 0.